The zero-order valence-corrected chi connectivity index (χ0v) is 14.1. The molecule has 1 N–H and O–H groups in total. The third-order valence-corrected chi connectivity index (χ3v) is 4.05. The first-order chi connectivity index (χ1) is 12.6. The summed E-state index contributed by atoms with van der Waals surface area (Å²) in [5.74, 6) is -0.0945. The van der Waals surface area contributed by atoms with Crippen LogP contribution in [0.5, 0.6) is 5.75 Å². The molecule has 4 aromatic rings. The summed E-state index contributed by atoms with van der Waals surface area (Å²) in [5, 5.41) is 10.3. The minimum atomic E-state index is -0.395. The minimum absolute atomic E-state index is 0.0857. The molecule has 0 bridgehead atoms. The van der Waals surface area contributed by atoms with Gasteiger partial charge in [0.15, 0.2) is 5.58 Å². The standard InChI is InChI=1S/C20H12ClFN2O2/c21-13-5-7-18(25)12(9-13)11-23-14-6-8-19-17(10-14)24-20(26-19)15-3-1-2-4-16(15)22/h1-11,25H. The number of benzene rings is 3. The summed E-state index contributed by atoms with van der Waals surface area (Å²) in [5.41, 5.74) is 2.52. The molecule has 0 fully saturated rings. The number of hydrogen-bond donors (Lipinski definition) is 1. The fourth-order valence-electron chi connectivity index (χ4n) is 2.52. The zero-order valence-electron chi connectivity index (χ0n) is 13.4. The Labute approximate surface area is 153 Å². The number of oxazole rings is 1. The Morgan fingerprint density at radius 2 is 1.92 bits per heavy atom. The van der Waals surface area contributed by atoms with Crippen LogP contribution in [0.1, 0.15) is 5.56 Å². The van der Waals surface area contributed by atoms with Gasteiger partial charge in [-0.15, -0.1) is 0 Å². The largest absolute Gasteiger partial charge is 0.507 e. The smallest absolute Gasteiger partial charge is 0.230 e. The van der Waals surface area contributed by atoms with Crippen molar-refractivity contribution in [1.82, 2.24) is 4.98 Å². The van der Waals surface area contributed by atoms with Crippen molar-refractivity contribution in [3.63, 3.8) is 0 Å². The number of nitrogens with zero attached hydrogens (tertiary/aromatic N) is 2. The number of rotatable bonds is 3. The molecule has 0 spiro atoms. The van der Waals surface area contributed by atoms with Gasteiger partial charge in [0.25, 0.3) is 0 Å². The van der Waals surface area contributed by atoms with E-state index < -0.39 is 5.82 Å². The van der Waals surface area contributed by atoms with Gasteiger partial charge in [-0.25, -0.2) is 9.37 Å². The van der Waals surface area contributed by atoms with E-state index in [2.05, 4.69) is 9.98 Å². The monoisotopic (exact) mass is 366 g/mol. The van der Waals surface area contributed by atoms with E-state index in [4.69, 9.17) is 16.0 Å². The fraction of sp³-hybridized carbons (Fsp3) is 0. The number of aliphatic imine (C=N–C) groups is 1. The first-order valence-electron chi connectivity index (χ1n) is 7.78. The molecule has 6 heteroatoms. The number of halogens is 2. The molecule has 4 nitrogen and oxygen atoms in total. The number of hydrogen-bond acceptors (Lipinski definition) is 4. The lowest BCUT2D eigenvalue weighted by atomic mass is 10.2. The Morgan fingerprint density at radius 1 is 1.08 bits per heavy atom. The Morgan fingerprint density at radius 3 is 2.77 bits per heavy atom. The summed E-state index contributed by atoms with van der Waals surface area (Å²) in [6.07, 6.45) is 1.51. The third-order valence-electron chi connectivity index (χ3n) is 3.82. The molecule has 1 heterocycles. The van der Waals surface area contributed by atoms with Gasteiger partial charge in [0.2, 0.25) is 5.89 Å². The van der Waals surface area contributed by atoms with Gasteiger partial charge in [-0.05, 0) is 48.5 Å². The van der Waals surface area contributed by atoms with Crippen LogP contribution in [0.25, 0.3) is 22.6 Å². The summed E-state index contributed by atoms with van der Waals surface area (Å²) in [7, 11) is 0. The van der Waals surface area contributed by atoms with Crippen molar-refractivity contribution in [2.45, 2.75) is 0 Å². The predicted molar refractivity (Wildman–Crippen MR) is 99.8 cm³/mol. The van der Waals surface area contributed by atoms with Gasteiger partial charge in [0.1, 0.15) is 17.1 Å². The van der Waals surface area contributed by atoms with E-state index in [0.29, 0.717) is 32.9 Å². The SMILES string of the molecule is Oc1ccc(Cl)cc1C=Nc1ccc2oc(-c3ccccc3F)nc2c1. The molecule has 0 aliphatic heterocycles. The highest BCUT2D eigenvalue weighted by Gasteiger charge is 2.12. The number of aromatic hydroxyl groups is 1. The minimum Gasteiger partial charge on any atom is -0.507 e. The Balaban J connectivity index is 1.69. The molecule has 0 saturated heterocycles. The van der Waals surface area contributed by atoms with Crippen LogP contribution in [0.15, 0.2) is 70.1 Å². The Hall–Kier alpha value is -3.18. The molecule has 4 rings (SSSR count). The summed E-state index contributed by atoms with van der Waals surface area (Å²) >= 11 is 5.92. The van der Waals surface area contributed by atoms with E-state index in [9.17, 15) is 9.50 Å². The first-order valence-corrected chi connectivity index (χ1v) is 8.16. The van der Waals surface area contributed by atoms with Crippen LogP contribution < -0.4 is 0 Å². The van der Waals surface area contributed by atoms with E-state index in [1.165, 1.54) is 18.3 Å². The van der Waals surface area contributed by atoms with Gasteiger partial charge < -0.3 is 9.52 Å². The predicted octanol–water partition coefficient (Wildman–Crippen LogP) is 5.74. The van der Waals surface area contributed by atoms with Crippen LogP contribution in [0.4, 0.5) is 10.1 Å². The highest BCUT2D eigenvalue weighted by atomic mass is 35.5. The molecule has 3 aromatic carbocycles. The molecule has 0 radical (unpaired) electrons. The lowest BCUT2D eigenvalue weighted by Crippen LogP contribution is -1.82. The lowest BCUT2D eigenvalue weighted by Gasteiger charge is -1.99. The third kappa shape index (κ3) is 3.17. The van der Waals surface area contributed by atoms with E-state index in [1.54, 1.807) is 48.5 Å². The second-order valence-corrected chi connectivity index (χ2v) is 6.05. The summed E-state index contributed by atoms with van der Waals surface area (Å²) in [6, 6.07) is 16.2. The molecule has 0 aliphatic rings. The maximum absolute atomic E-state index is 13.9. The van der Waals surface area contributed by atoms with Gasteiger partial charge in [0, 0.05) is 16.8 Å². The normalized spacial score (nSPS) is 11.5. The second kappa shape index (κ2) is 6.61. The quantitative estimate of drug-likeness (QED) is 0.470. The molecule has 1 aromatic heterocycles. The van der Waals surface area contributed by atoms with Gasteiger partial charge in [-0.3, -0.25) is 4.99 Å². The van der Waals surface area contributed by atoms with E-state index in [0.717, 1.165) is 0 Å². The van der Waals surface area contributed by atoms with Crippen LogP contribution in [0.3, 0.4) is 0 Å². The van der Waals surface area contributed by atoms with Crippen molar-refractivity contribution in [3.05, 3.63) is 77.1 Å². The van der Waals surface area contributed by atoms with Gasteiger partial charge in [0.05, 0.1) is 11.3 Å². The van der Waals surface area contributed by atoms with E-state index >= 15 is 0 Å². The van der Waals surface area contributed by atoms with Gasteiger partial charge in [-0.1, -0.05) is 23.7 Å². The number of phenolic OH excluding ortho intramolecular Hbond substituents is 1. The summed E-state index contributed by atoms with van der Waals surface area (Å²) in [4.78, 5) is 8.67. The topological polar surface area (TPSA) is 58.6 Å². The fourth-order valence-corrected chi connectivity index (χ4v) is 2.70. The maximum atomic E-state index is 13.9. The molecule has 0 aliphatic carbocycles. The van der Waals surface area contributed by atoms with Crippen molar-refractivity contribution >= 4 is 34.6 Å². The molecule has 0 unspecified atom stereocenters. The molecule has 26 heavy (non-hydrogen) atoms. The van der Waals surface area contributed by atoms with Crippen LogP contribution in [0, 0.1) is 5.82 Å². The molecule has 0 atom stereocenters. The van der Waals surface area contributed by atoms with Crippen LogP contribution in [-0.4, -0.2) is 16.3 Å². The first kappa shape index (κ1) is 16.3. The van der Waals surface area contributed by atoms with Crippen LogP contribution in [0.2, 0.25) is 5.02 Å². The highest BCUT2D eigenvalue weighted by molar-refractivity contribution is 6.30. The molecule has 0 amide bonds. The zero-order chi connectivity index (χ0) is 18.1. The molecule has 128 valence electrons. The van der Waals surface area contributed by atoms with Crippen molar-refractivity contribution < 1.29 is 13.9 Å². The molecule has 0 saturated carbocycles. The second-order valence-electron chi connectivity index (χ2n) is 5.61. The van der Waals surface area contributed by atoms with Gasteiger partial charge >= 0.3 is 0 Å². The van der Waals surface area contributed by atoms with Crippen molar-refractivity contribution in [2.75, 3.05) is 0 Å². The summed E-state index contributed by atoms with van der Waals surface area (Å²) < 4.78 is 19.5. The maximum Gasteiger partial charge on any atom is 0.230 e. The van der Waals surface area contributed by atoms with E-state index in [1.807, 2.05) is 0 Å². The lowest BCUT2D eigenvalue weighted by molar-refractivity contribution is 0.474. The van der Waals surface area contributed by atoms with Gasteiger partial charge in [-0.2, -0.15) is 0 Å². The average Bonchev–Trinajstić information content (AvgIpc) is 3.06. The highest BCUT2D eigenvalue weighted by Crippen LogP contribution is 2.29. The average molecular weight is 367 g/mol. The van der Waals surface area contributed by atoms with Crippen molar-refractivity contribution in [2.24, 2.45) is 4.99 Å². The number of fused-ring (bicyclic) bond motifs is 1. The van der Waals surface area contributed by atoms with Crippen molar-refractivity contribution in [1.29, 1.82) is 0 Å². The molecular formula is C20H12ClFN2O2. The van der Waals surface area contributed by atoms with Crippen LogP contribution >= 0.6 is 11.6 Å². The van der Waals surface area contributed by atoms with E-state index in [-0.39, 0.29) is 11.6 Å². The Kier molecular flexibility index (Phi) is 4.14. The number of phenols is 1. The number of aromatic nitrogens is 1. The van der Waals surface area contributed by atoms with Crippen molar-refractivity contribution in [3.8, 4) is 17.2 Å². The summed E-state index contributed by atoms with van der Waals surface area (Å²) in [6.45, 7) is 0. The van der Waals surface area contributed by atoms with Crippen LogP contribution in [-0.2, 0) is 0 Å². The Bertz CT molecular complexity index is 1140. The molecular weight excluding hydrogens is 355 g/mol.